The van der Waals surface area contributed by atoms with Crippen LogP contribution in [0.3, 0.4) is 0 Å². The third-order valence-electron chi connectivity index (χ3n) is 5.80. The van der Waals surface area contributed by atoms with Crippen LogP contribution in [0, 0.1) is 11.6 Å². The molecule has 3 rings (SSSR count). The molecule has 184 valence electrons. The van der Waals surface area contributed by atoms with Crippen LogP contribution >= 0.6 is 0 Å². The van der Waals surface area contributed by atoms with Crippen LogP contribution in [0.4, 0.5) is 19.3 Å². The number of amides is 2. The van der Waals surface area contributed by atoms with Gasteiger partial charge in [-0.1, -0.05) is 19.9 Å². The van der Waals surface area contributed by atoms with Crippen molar-refractivity contribution in [2.75, 3.05) is 31.7 Å². The normalized spacial score (nSPS) is 15.6. The van der Waals surface area contributed by atoms with E-state index in [2.05, 4.69) is 5.32 Å². The third kappa shape index (κ3) is 5.30. The monoisotopic (exact) mass is 476 g/mol. The Bertz CT molecular complexity index is 1050. The largest absolute Gasteiger partial charge is 0.494 e. The smallest absolute Gasteiger partial charge is 0.408 e. The Hall–Kier alpha value is -3.20. The van der Waals surface area contributed by atoms with Crippen LogP contribution in [0.15, 0.2) is 30.3 Å². The number of nitrogens with zero attached hydrogens (tertiary/aromatic N) is 1. The van der Waals surface area contributed by atoms with Gasteiger partial charge in [0, 0.05) is 29.8 Å². The zero-order valence-corrected chi connectivity index (χ0v) is 19.8. The predicted octanol–water partition coefficient (Wildman–Crippen LogP) is 4.89. The van der Waals surface area contributed by atoms with Gasteiger partial charge in [-0.05, 0) is 55.7 Å². The number of rotatable bonds is 8. The number of ether oxygens (including phenoxy) is 2. The van der Waals surface area contributed by atoms with Gasteiger partial charge in [-0.15, -0.1) is 0 Å². The van der Waals surface area contributed by atoms with Gasteiger partial charge in [0.2, 0.25) is 0 Å². The molecule has 0 spiro atoms. The molecule has 2 aromatic carbocycles. The van der Waals surface area contributed by atoms with Crippen molar-refractivity contribution in [1.29, 1.82) is 0 Å². The zero-order chi connectivity index (χ0) is 25.0. The molecule has 0 aromatic heterocycles. The van der Waals surface area contributed by atoms with Crippen LogP contribution in [0.5, 0.6) is 5.75 Å². The summed E-state index contributed by atoms with van der Waals surface area (Å²) in [6.45, 7) is 8.09. The molecule has 34 heavy (non-hydrogen) atoms. The number of nitrogens with one attached hydrogen (secondary N) is 1. The van der Waals surface area contributed by atoms with Crippen LogP contribution in [0.25, 0.3) is 0 Å². The average Bonchev–Trinajstić information content (AvgIpc) is 2.76. The summed E-state index contributed by atoms with van der Waals surface area (Å²) in [6, 6.07) is 6.01. The van der Waals surface area contributed by atoms with Crippen LogP contribution in [0.2, 0.25) is 0 Å². The zero-order valence-electron chi connectivity index (χ0n) is 19.8. The fourth-order valence-electron chi connectivity index (χ4n) is 4.28. The van der Waals surface area contributed by atoms with E-state index in [9.17, 15) is 23.5 Å². The topological polar surface area (TPSA) is 88.1 Å². The molecule has 1 aliphatic heterocycles. The highest BCUT2D eigenvalue weighted by atomic mass is 19.1. The first kappa shape index (κ1) is 25.4. The molecule has 2 N–H and O–H groups in total. The van der Waals surface area contributed by atoms with Gasteiger partial charge in [0.25, 0.3) is 5.91 Å². The molecule has 9 heteroatoms. The fourth-order valence-corrected chi connectivity index (χ4v) is 4.28. The van der Waals surface area contributed by atoms with E-state index >= 15 is 0 Å². The summed E-state index contributed by atoms with van der Waals surface area (Å²) in [7, 11) is 0. The van der Waals surface area contributed by atoms with Crippen molar-refractivity contribution in [2.45, 2.75) is 45.6 Å². The molecule has 1 aliphatic rings. The minimum atomic E-state index is -1.26. The highest BCUT2D eigenvalue weighted by Crippen LogP contribution is 2.35. The molecule has 1 heterocycles. The second-order valence-corrected chi connectivity index (χ2v) is 8.75. The lowest BCUT2D eigenvalue weighted by Crippen LogP contribution is -2.44. The number of carboxylic acid groups (broad SMARTS) is 1. The van der Waals surface area contributed by atoms with Crippen LogP contribution in [0.1, 0.15) is 50.4 Å². The first-order valence-corrected chi connectivity index (χ1v) is 11.2. The lowest BCUT2D eigenvalue weighted by atomic mass is 9.84. The van der Waals surface area contributed by atoms with E-state index in [0.717, 1.165) is 22.6 Å². The molecular formula is C25H30F2N2O5. The van der Waals surface area contributed by atoms with Gasteiger partial charge in [-0.3, -0.25) is 9.69 Å². The van der Waals surface area contributed by atoms with Crippen molar-refractivity contribution >= 4 is 17.7 Å². The summed E-state index contributed by atoms with van der Waals surface area (Å²) in [4.78, 5) is 26.0. The molecule has 0 bridgehead atoms. The molecule has 0 aliphatic carbocycles. The van der Waals surface area contributed by atoms with E-state index in [1.54, 1.807) is 39.0 Å². The van der Waals surface area contributed by atoms with Gasteiger partial charge < -0.3 is 19.9 Å². The maximum Gasteiger partial charge on any atom is 0.408 e. The second-order valence-electron chi connectivity index (χ2n) is 8.75. The molecule has 0 fully saturated rings. The maximum absolute atomic E-state index is 14.9. The molecule has 2 aromatic rings. The average molecular weight is 477 g/mol. The van der Waals surface area contributed by atoms with Gasteiger partial charge in [0.15, 0.2) is 0 Å². The van der Waals surface area contributed by atoms with E-state index in [4.69, 9.17) is 9.47 Å². The highest BCUT2D eigenvalue weighted by Gasteiger charge is 2.37. The second kappa shape index (κ2) is 10.4. The Morgan fingerprint density at radius 1 is 1.15 bits per heavy atom. The van der Waals surface area contributed by atoms with Gasteiger partial charge in [-0.25, -0.2) is 13.6 Å². The van der Waals surface area contributed by atoms with Gasteiger partial charge >= 0.3 is 6.09 Å². The Morgan fingerprint density at radius 2 is 1.82 bits per heavy atom. The number of fused-ring (bicyclic) bond motifs is 1. The number of anilines is 1. The Kier molecular flexibility index (Phi) is 7.76. The van der Waals surface area contributed by atoms with Crippen molar-refractivity contribution in [1.82, 2.24) is 4.90 Å². The van der Waals surface area contributed by atoms with E-state index in [0.29, 0.717) is 30.9 Å². The van der Waals surface area contributed by atoms with Crippen LogP contribution in [-0.2, 0) is 21.4 Å². The number of benzene rings is 2. The summed E-state index contributed by atoms with van der Waals surface area (Å²) in [5, 5.41) is 12.2. The first-order valence-electron chi connectivity index (χ1n) is 11.2. The van der Waals surface area contributed by atoms with E-state index in [-0.39, 0.29) is 24.4 Å². The van der Waals surface area contributed by atoms with E-state index in [1.165, 1.54) is 0 Å². The molecular weight excluding hydrogens is 446 g/mol. The van der Waals surface area contributed by atoms with E-state index in [1.807, 2.05) is 6.92 Å². The van der Waals surface area contributed by atoms with Crippen LogP contribution < -0.4 is 10.1 Å². The maximum atomic E-state index is 14.9. The molecule has 0 saturated heterocycles. The quantitative estimate of drug-likeness (QED) is 0.566. The van der Waals surface area contributed by atoms with E-state index < -0.39 is 35.1 Å². The SMILES string of the molecule is CCOCC(C)(C)c1c(F)cc(NC(=O)C2c3ccc(OCC)cc3CCN2C(=O)O)cc1F. The molecule has 7 nitrogen and oxygen atoms in total. The first-order chi connectivity index (χ1) is 16.1. The standard InChI is InChI=1S/C25H30F2N2O5/c1-5-33-14-25(3,4)21-19(26)12-16(13-20(21)27)28-23(30)22-18-8-7-17(34-6-2)11-15(18)9-10-29(22)24(31)32/h7-8,11-13,22H,5-6,9-10,14H2,1-4H3,(H,28,30)(H,31,32). The molecule has 1 unspecified atom stereocenters. The minimum Gasteiger partial charge on any atom is -0.494 e. The molecule has 1 atom stereocenters. The summed E-state index contributed by atoms with van der Waals surface area (Å²) >= 11 is 0. The summed E-state index contributed by atoms with van der Waals surface area (Å²) in [5.41, 5.74) is 0.129. The summed E-state index contributed by atoms with van der Waals surface area (Å²) in [5.74, 6) is -1.72. The number of halogens is 2. The Balaban J connectivity index is 1.91. The number of hydrogen-bond acceptors (Lipinski definition) is 4. The number of carbonyl (C=O) groups excluding carboxylic acids is 1. The van der Waals surface area contributed by atoms with Crippen molar-refractivity contribution in [3.05, 3.63) is 58.7 Å². The van der Waals surface area contributed by atoms with Crippen molar-refractivity contribution in [2.24, 2.45) is 0 Å². The van der Waals surface area contributed by atoms with Gasteiger partial charge in [0.1, 0.15) is 23.4 Å². The van der Waals surface area contributed by atoms with Crippen molar-refractivity contribution < 1.29 is 33.0 Å². The molecule has 2 amide bonds. The Morgan fingerprint density at radius 3 is 2.41 bits per heavy atom. The minimum absolute atomic E-state index is 0.0978. The van der Waals surface area contributed by atoms with Gasteiger partial charge in [0.05, 0.1) is 13.2 Å². The number of carbonyl (C=O) groups is 2. The number of hydrogen-bond donors (Lipinski definition) is 2. The summed E-state index contributed by atoms with van der Waals surface area (Å²) < 4.78 is 40.7. The third-order valence-corrected chi connectivity index (χ3v) is 5.80. The Labute approximate surface area is 197 Å². The fraction of sp³-hybridized carbons (Fsp3) is 0.440. The predicted molar refractivity (Wildman–Crippen MR) is 123 cm³/mol. The van der Waals surface area contributed by atoms with Crippen molar-refractivity contribution in [3.8, 4) is 5.75 Å². The van der Waals surface area contributed by atoms with Crippen molar-refractivity contribution in [3.63, 3.8) is 0 Å². The lowest BCUT2D eigenvalue weighted by Gasteiger charge is -2.34. The molecule has 0 radical (unpaired) electrons. The highest BCUT2D eigenvalue weighted by molar-refractivity contribution is 5.97. The summed E-state index contributed by atoms with van der Waals surface area (Å²) in [6.07, 6.45) is -0.843. The lowest BCUT2D eigenvalue weighted by molar-refractivity contribution is -0.121. The molecule has 0 saturated carbocycles. The van der Waals surface area contributed by atoms with Gasteiger partial charge in [-0.2, -0.15) is 0 Å². The van der Waals surface area contributed by atoms with Crippen LogP contribution in [-0.4, -0.2) is 48.4 Å².